The number of rotatable bonds is 43. The summed E-state index contributed by atoms with van der Waals surface area (Å²) in [6.45, 7) is 57.7. The Morgan fingerprint density at radius 2 is 0.460 bits per heavy atom. The van der Waals surface area contributed by atoms with Crippen LogP contribution in [0.3, 0.4) is 0 Å². The van der Waals surface area contributed by atoms with E-state index in [0.29, 0.717) is 75.0 Å². The largest absolute Gasteiger partial charge is 0.465 e. The smallest absolute Gasteiger partial charge is 0.344 e. The zero-order valence-corrected chi connectivity index (χ0v) is 93.2. The van der Waals surface area contributed by atoms with Gasteiger partial charge in [0.2, 0.25) is 0 Å². The lowest BCUT2D eigenvalue weighted by atomic mass is 9.46. The minimum absolute atomic E-state index is 0.115. The predicted octanol–water partition coefficient (Wildman–Crippen LogP) is 26.4. The van der Waals surface area contributed by atoms with Crippen LogP contribution in [-0.2, 0) is 114 Å². The summed E-state index contributed by atoms with van der Waals surface area (Å²) >= 11 is 0. The van der Waals surface area contributed by atoms with Crippen LogP contribution in [0.25, 0.3) is 0 Å². The molecule has 12 aliphatic carbocycles. The van der Waals surface area contributed by atoms with Crippen molar-refractivity contribution in [3.8, 4) is 0 Å². The normalized spacial score (nSPS) is 23.4. The molecule has 12 saturated carbocycles. The van der Waals surface area contributed by atoms with Gasteiger partial charge in [0, 0.05) is 23.7 Å². The molecule has 1 atom stereocenters. The highest BCUT2D eigenvalue weighted by Gasteiger charge is 2.61. The molecule has 1 unspecified atom stereocenters. The second kappa shape index (κ2) is 53.6. The molecule has 0 heterocycles. The minimum Gasteiger partial charge on any atom is -0.465 e. The van der Waals surface area contributed by atoms with Gasteiger partial charge in [-0.25, -0.2) is 19.2 Å². The Kier molecular flexibility index (Phi) is 47.5. The molecule has 12 fully saturated rings. The fourth-order valence-corrected chi connectivity index (χ4v) is 23.3. The van der Waals surface area contributed by atoms with Crippen molar-refractivity contribution in [3.05, 3.63) is 0 Å². The van der Waals surface area contributed by atoms with E-state index in [0.717, 1.165) is 119 Å². The number of carbonyl (C=O) groups excluding carboxylic acids is 12. The molecule has 0 aliphatic heterocycles. The van der Waals surface area contributed by atoms with E-state index in [1.165, 1.54) is 141 Å². The lowest BCUT2D eigenvalue weighted by Gasteiger charge is -2.61. The fourth-order valence-electron chi connectivity index (χ4n) is 23.3. The van der Waals surface area contributed by atoms with Gasteiger partial charge in [0.15, 0.2) is 26.4 Å². The maximum absolute atomic E-state index is 12.5. The third kappa shape index (κ3) is 36.4. The molecular weight excluding hydrogens is 1770 g/mol. The van der Waals surface area contributed by atoms with Gasteiger partial charge in [0.1, 0.15) is 33.6 Å². The Morgan fingerprint density at radius 3 is 0.734 bits per heavy atom. The number of ether oxygens (including phenoxy) is 12. The van der Waals surface area contributed by atoms with E-state index in [4.69, 9.17) is 56.8 Å². The second-order valence-electron chi connectivity index (χ2n) is 49.7. The molecule has 0 radical (unpaired) electrons. The van der Waals surface area contributed by atoms with Gasteiger partial charge in [-0.1, -0.05) is 127 Å². The molecule has 0 aromatic heterocycles. The summed E-state index contributed by atoms with van der Waals surface area (Å²) < 4.78 is 65.8. The van der Waals surface area contributed by atoms with Crippen molar-refractivity contribution in [2.45, 2.75) is 517 Å². The Bertz CT molecular complexity index is 3820. The summed E-state index contributed by atoms with van der Waals surface area (Å²) in [6, 6.07) is 0. The number of carbonyl (C=O) groups is 12. The van der Waals surface area contributed by atoms with E-state index in [9.17, 15) is 57.5 Å². The van der Waals surface area contributed by atoms with Gasteiger partial charge in [0.05, 0.1) is 45.7 Å². The highest BCUT2D eigenvalue weighted by atomic mass is 16.6. The second-order valence-corrected chi connectivity index (χ2v) is 49.7. The average Bonchev–Trinajstić information content (AvgIpc) is 0.841. The van der Waals surface area contributed by atoms with Gasteiger partial charge in [-0.15, -0.1) is 0 Å². The van der Waals surface area contributed by atoms with Crippen LogP contribution in [0, 0.1) is 102 Å². The molecule has 12 aliphatic rings. The van der Waals surface area contributed by atoms with Gasteiger partial charge in [-0.05, 0) is 404 Å². The molecule has 802 valence electrons. The molecule has 0 aromatic rings. The van der Waals surface area contributed by atoms with Crippen molar-refractivity contribution >= 4 is 71.6 Å². The predicted molar refractivity (Wildman–Crippen MR) is 542 cm³/mol. The van der Waals surface area contributed by atoms with Crippen LogP contribution in [-0.4, -0.2) is 145 Å². The van der Waals surface area contributed by atoms with Crippen molar-refractivity contribution in [2.75, 3.05) is 39.6 Å². The van der Waals surface area contributed by atoms with E-state index >= 15 is 0 Å². The van der Waals surface area contributed by atoms with Crippen molar-refractivity contribution in [1.29, 1.82) is 0 Å². The van der Waals surface area contributed by atoms with Crippen LogP contribution in [0.4, 0.5) is 0 Å². The first-order valence-corrected chi connectivity index (χ1v) is 54.9. The molecule has 0 N–H and O–H groups in total. The summed E-state index contributed by atoms with van der Waals surface area (Å²) in [7, 11) is 0. The molecule has 139 heavy (non-hydrogen) atoms. The third-order valence-corrected chi connectivity index (χ3v) is 35.6. The lowest BCUT2D eigenvalue weighted by molar-refractivity contribution is -0.203. The summed E-state index contributed by atoms with van der Waals surface area (Å²) in [4.78, 5) is 144. The lowest BCUT2D eigenvalue weighted by Crippen LogP contribution is -2.57. The Balaban J connectivity index is 0.000000295. The van der Waals surface area contributed by atoms with Gasteiger partial charge in [-0.3, -0.25) is 38.4 Å². The summed E-state index contributed by atoms with van der Waals surface area (Å²) in [5.41, 5.74) is -5.44. The van der Waals surface area contributed by atoms with E-state index in [1.54, 1.807) is 0 Å². The first-order valence-electron chi connectivity index (χ1n) is 54.9. The van der Waals surface area contributed by atoms with Gasteiger partial charge >= 0.3 is 71.6 Å². The standard InChI is InChI=1S/C23H38O4.C21H34O4.2C19H34O4.C17H30O4.C16H28O4/c1-6-21(2,3)20(25)26-9-7-8-19(24)27-22(4,5)23-13-16-10-17(14-23)12-18(11-16)15-23;1-6-19(2,3)18(23)24-13-17(22)25-20(4,5)21-10-14-7-15(11-21)9-16(8-14)12-21;1-6-18(2,3)17(21)22-14-10-13-16(20)23-19(4,5)15-11-8-7-9-12-15;1-6-18(4,5)17(21)22-14-16(20)23-19(7-2,8-3)15-12-10-9-11-13-15;1-6-16(3,4)15(19)20-12-14(18)21-17(5,7-2)13-10-8-9-11-13;1-6-15(2,3)14(18)19-11-13(17)20-16(4,5)12-9-7-8-10-12/h16-18H,6-15H2,1-5H3;14-16H,6-13H2,1-5H3;2*15H,6-14H2,1-5H3;13H,6-12H2,1-5H3;12H,6-11H2,1-5H3. The SMILES string of the molecule is CCC(C)(C)C(=O)OCC(=O)OC(C)(C)C12CC3CC(CC(C3)C1)C2.CCC(C)(C)C(=O)OCC(=O)OC(C)(C)C1CCCC1.CCC(C)(C)C(=O)OCC(=O)OC(C)(CC)C1CCCC1.CCC(C)(C)C(=O)OCC(=O)OC(CC)(CC)C1CCCCC1.CCC(C)(C)C(=O)OCCCC(=O)OC(C)(C)C12CC3CC(CC(C3)C1)C2.CCC(C)(C)C(=O)OCCCC(=O)OC(C)(C)C1CCCCC1. The van der Waals surface area contributed by atoms with Gasteiger partial charge in [0.25, 0.3) is 0 Å². The summed E-state index contributed by atoms with van der Waals surface area (Å²) in [5.74, 6) is 2.87. The van der Waals surface area contributed by atoms with Crippen molar-refractivity contribution in [1.82, 2.24) is 0 Å². The summed E-state index contributed by atoms with van der Waals surface area (Å²) in [6.07, 6.45) is 45.0. The van der Waals surface area contributed by atoms with E-state index in [-0.39, 0.29) is 98.2 Å². The van der Waals surface area contributed by atoms with Crippen molar-refractivity contribution in [2.24, 2.45) is 102 Å². The average molecular weight is 1960 g/mol. The molecule has 0 saturated heterocycles. The van der Waals surface area contributed by atoms with Crippen LogP contribution >= 0.6 is 0 Å². The van der Waals surface area contributed by atoms with Crippen LogP contribution in [0.5, 0.6) is 0 Å². The molecular formula is C115H198O24. The van der Waals surface area contributed by atoms with E-state index in [1.807, 2.05) is 166 Å². The first kappa shape index (κ1) is 123. The Hall–Kier alpha value is -6.36. The van der Waals surface area contributed by atoms with Crippen LogP contribution in [0.1, 0.15) is 484 Å². The molecule has 12 rings (SSSR count). The highest BCUT2D eigenvalue weighted by molar-refractivity contribution is 5.83. The molecule has 0 aromatic carbocycles. The van der Waals surface area contributed by atoms with Gasteiger partial charge in [-0.2, -0.15) is 0 Å². The minimum atomic E-state index is -0.560. The quantitative estimate of drug-likeness (QED) is 0.0311. The van der Waals surface area contributed by atoms with Crippen LogP contribution < -0.4 is 0 Å². The molecule has 24 nitrogen and oxygen atoms in total. The third-order valence-electron chi connectivity index (χ3n) is 35.6. The van der Waals surface area contributed by atoms with Crippen LogP contribution in [0.15, 0.2) is 0 Å². The molecule has 0 spiro atoms. The molecule has 8 bridgehead atoms. The maximum atomic E-state index is 12.5. The Morgan fingerprint density at radius 1 is 0.237 bits per heavy atom. The molecule has 24 heteroatoms. The zero-order valence-electron chi connectivity index (χ0n) is 93.2. The monoisotopic (exact) mass is 1960 g/mol. The molecule has 0 amide bonds. The van der Waals surface area contributed by atoms with E-state index in [2.05, 4.69) is 41.5 Å². The number of hydrogen-bond acceptors (Lipinski definition) is 24. The van der Waals surface area contributed by atoms with E-state index < -0.39 is 90.0 Å². The first-order chi connectivity index (χ1) is 64.6. The van der Waals surface area contributed by atoms with Crippen molar-refractivity contribution in [3.63, 3.8) is 0 Å². The Labute approximate surface area is 841 Å². The maximum Gasteiger partial charge on any atom is 0.344 e. The topological polar surface area (TPSA) is 316 Å². The number of hydrogen-bond donors (Lipinski definition) is 0. The van der Waals surface area contributed by atoms with Gasteiger partial charge < -0.3 is 56.8 Å². The summed E-state index contributed by atoms with van der Waals surface area (Å²) in [5, 5.41) is 0. The fraction of sp³-hybridized carbons (Fsp3) is 0.896. The van der Waals surface area contributed by atoms with Crippen LogP contribution in [0.2, 0.25) is 0 Å². The highest BCUT2D eigenvalue weighted by Crippen LogP contribution is 2.66. The number of esters is 12. The van der Waals surface area contributed by atoms with Crippen molar-refractivity contribution < 1.29 is 114 Å². The zero-order chi connectivity index (χ0) is 105.